The van der Waals surface area contributed by atoms with Gasteiger partial charge < -0.3 is 19.9 Å². The van der Waals surface area contributed by atoms with Crippen molar-refractivity contribution in [3.8, 4) is 5.75 Å². The number of carbonyl (C=O) groups is 1. The van der Waals surface area contributed by atoms with Gasteiger partial charge in [0.25, 0.3) is 5.56 Å². The van der Waals surface area contributed by atoms with Crippen LogP contribution in [0.2, 0.25) is 0 Å². The molecule has 3 aromatic rings. The average molecular weight is 616 g/mol. The van der Waals surface area contributed by atoms with E-state index in [1.807, 2.05) is 33.0 Å². The Balaban J connectivity index is 1.43. The Bertz CT molecular complexity index is 1610. The summed E-state index contributed by atoms with van der Waals surface area (Å²) in [6.45, 7) is 12.5. The van der Waals surface area contributed by atoms with E-state index in [2.05, 4.69) is 37.8 Å². The highest BCUT2D eigenvalue weighted by molar-refractivity contribution is 6.01. The fourth-order valence-electron chi connectivity index (χ4n) is 6.06. The van der Waals surface area contributed by atoms with Crippen LogP contribution in [0.5, 0.6) is 5.75 Å². The quantitative estimate of drug-likeness (QED) is 0.0845. The van der Waals surface area contributed by atoms with Gasteiger partial charge in [0.2, 0.25) is 5.95 Å². The third-order valence-electron chi connectivity index (χ3n) is 8.67. The zero-order chi connectivity index (χ0) is 31.9. The molecule has 12 nitrogen and oxygen atoms in total. The van der Waals surface area contributed by atoms with Crippen molar-refractivity contribution in [1.29, 1.82) is 0 Å². The maximum Gasteiger partial charge on any atom is 0.278 e. The number of likely N-dealkylation sites (tertiary alicyclic amines) is 1. The van der Waals surface area contributed by atoms with Crippen molar-refractivity contribution in [1.82, 2.24) is 29.2 Å². The number of anilines is 3. The van der Waals surface area contributed by atoms with Gasteiger partial charge in [-0.15, -0.1) is 6.58 Å². The number of aldehydes is 1. The van der Waals surface area contributed by atoms with Crippen molar-refractivity contribution in [3.63, 3.8) is 0 Å². The predicted octanol–water partition coefficient (Wildman–Crippen LogP) is 4.24. The molecule has 0 saturated carbocycles. The summed E-state index contributed by atoms with van der Waals surface area (Å²) in [5.41, 5.74) is 1.90. The van der Waals surface area contributed by atoms with Gasteiger partial charge in [-0.05, 0) is 76.9 Å². The monoisotopic (exact) mass is 615 g/mol. The summed E-state index contributed by atoms with van der Waals surface area (Å²) in [7, 11) is 3.52. The minimum atomic E-state index is -0.286. The number of nitrogens with one attached hydrogen (secondary N) is 1. The fourth-order valence-corrected chi connectivity index (χ4v) is 6.06. The Hall–Kier alpha value is -4.45. The van der Waals surface area contributed by atoms with Crippen LogP contribution in [0.25, 0.3) is 11.0 Å². The van der Waals surface area contributed by atoms with Crippen LogP contribution in [0.4, 0.5) is 17.3 Å². The minimum absolute atomic E-state index is 0.0804. The number of ether oxygens (including phenoxy) is 1. The molecule has 0 amide bonds. The summed E-state index contributed by atoms with van der Waals surface area (Å²) < 4.78 is 8.91. The summed E-state index contributed by atoms with van der Waals surface area (Å²) in [5, 5.41) is 10.0. The van der Waals surface area contributed by atoms with Crippen LogP contribution in [0, 0.1) is 0 Å². The number of hydrogen-bond acceptors (Lipinski definition) is 10. The largest absolute Gasteiger partial charge is 0.495 e. The number of carbonyl (C=O) groups excluding carboxylic acids is 1. The van der Waals surface area contributed by atoms with E-state index in [9.17, 15) is 9.59 Å². The van der Waals surface area contributed by atoms with Gasteiger partial charge >= 0.3 is 0 Å². The smallest absolute Gasteiger partial charge is 0.278 e. The molecule has 12 heteroatoms. The number of piperidine rings is 2. The van der Waals surface area contributed by atoms with Crippen LogP contribution in [-0.4, -0.2) is 93.8 Å². The number of methoxy groups -OCH3 is 1. The molecule has 2 aromatic heterocycles. The lowest BCUT2D eigenvalue weighted by Crippen LogP contribution is -2.46. The number of hydrogen-bond donors (Lipinski definition) is 1. The minimum Gasteiger partial charge on any atom is -0.495 e. The van der Waals surface area contributed by atoms with Crippen molar-refractivity contribution in [2.75, 3.05) is 50.6 Å². The Labute approximate surface area is 264 Å². The highest BCUT2D eigenvalue weighted by Crippen LogP contribution is 2.34. The Morgan fingerprint density at radius 3 is 2.62 bits per heavy atom. The average Bonchev–Trinajstić information content (AvgIpc) is 3.33. The molecule has 240 valence electrons. The lowest BCUT2D eigenvalue weighted by Gasteiger charge is -2.41. The van der Waals surface area contributed by atoms with E-state index in [0.717, 1.165) is 43.1 Å². The number of aromatic nitrogens is 4. The van der Waals surface area contributed by atoms with Crippen LogP contribution < -0.4 is 20.5 Å². The highest BCUT2D eigenvalue weighted by Gasteiger charge is 2.27. The number of fused-ring (bicyclic) bond motifs is 1. The summed E-state index contributed by atoms with van der Waals surface area (Å²) in [6, 6.07) is 6.78. The van der Waals surface area contributed by atoms with E-state index in [-0.39, 0.29) is 18.1 Å². The molecule has 0 unspecified atom stereocenters. The van der Waals surface area contributed by atoms with Crippen LogP contribution in [-0.2, 0) is 11.3 Å². The van der Waals surface area contributed by atoms with E-state index in [0.29, 0.717) is 35.1 Å². The Morgan fingerprint density at radius 2 is 1.96 bits per heavy atom. The first-order valence-electron chi connectivity index (χ1n) is 15.8. The second kappa shape index (κ2) is 14.6. The Kier molecular flexibility index (Phi) is 10.3. The molecule has 1 aromatic carbocycles. The van der Waals surface area contributed by atoms with Gasteiger partial charge in [0.1, 0.15) is 17.4 Å². The molecule has 2 aliphatic rings. The van der Waals surface area contributed by atoms with Crippen molar-refractivity contribution < 1.29 is 9.53 Å². The first-order valence-corrected chi connectivity index (χ1v) is 15.8. The van der Waals surface area contributed by atoms with Crippen LogP contribution in [0.15, 0.2) is 59.1 Å². The molecule has 0 spiro atoms. The third kappa shape index (κ3) is 7.11. The van der Waals surface area contributed by atoms with Gasteiger partial charge in [-0.1, -0.05) is 12.5 Å². The van der Waals surface area contributed by atoms with Crippen LogP contribution in [0.1, 0.15) is 46.0 Å². The predicted molar refractivity (Wildman–Crippen MR) is 180 cm³/mol. The standard InChI is InChI=1S/C33H45N9O3/c1-6-16-41-32(44)27-23-34-33(36-31(27)42(41)30(11-10-21-43)37-38(4)24(2)3)35-25-12-13-28(29(22-25)45-5)40-19-14-26(15-20-40)39-17-8-7-9-18-39/h6,10-13,21-24,26H,1,7-9,14-20H2,2-5H3,(H,34,35,36)/b11-10-,37-30+. The molecular formula is C33H45N9O3. The highest BCUT2D eigenvalue weighted by atomic mass is 16.5. The summed E-state index contributed by atoms with van der Waals surface area (Å²) in [4.78, 5) is 38.9. The number of rotatable bonds is 11. The van der Waals surface area contributed by atoms with Crippen LogP contribution >= 0.6 is 0 Å². The van der Waals surface area contributed by atoms with E-state index < -0.39 is 0 Å². The van der Waals surface area contributed by atoms with Gasteiger partial charge in [0, 0.05) is 50.2 Å². The zero-order valence-electron chi connectivity index (χ0n) is 26.9. The number of benzene rings is 1. The number of hydrazone groups is 1. The van der Waals surface area contributed by atoms with E-state index in [1.54, 1.807) is 29.0 Å². The fraction of sp³-hybridized carbons (Fsp3) is 0.485. The van der Waals surface area contributed by atoms with Gasteiger partial charge in [-0.25, -0.2) is 14.3 Å². The summed E-state index contributed by atoms with van der Waals surface area (Å²) >= 11 is 0. The van der Waals surface area contributed by atoms with Crippen molar-refractivity contribution in [3.05, 3.63) is 59.6 Å². The molecule has 45 heavy (non-hydrogen) atoms. The Morgan fingerprint density at radius 1 is 1.20 bits per heavy atom. The van der Waals surface area contributed by atoms with Gasteiger partial charge in [0.05, 0.1) is 19.3 Å². The van der Waals surface area contributed by atoms with Gasteiger partial charge in [0.15, 0.2) is 11.5 Å². The molecule has 5 rings (SSSR count). The summed E-state index contributed by atoms with van der Waals surface area (Å²) in [5.74, 6) is 1.43. The molecule has 1 N–H and O–H groups in total. The van der Waals surface area contributed by atoms with E-state index >= 15 is 0 Å². The van der Waals surface area contributed by atoms with E-state index in [4.69, 9.17) is 9.72 Å². The van der Waals surface area contributed by atoms with Crippen molar-refractivity contribution >= 4 is 40.5 Å². The maximum absolute atomic E-state index is 13.4. The maximum atomic E-state index is 13.4. The SMILES string of the molecule is C=CCn1c(=O)c2cnc(Nc3ccc(N4CCC(N5CCCCC5)CC4)c(OC)c3)nc2n1C(/C=C\C=O)=N/N(C)C(C)C. The van der Waals surface area contributed by atoms with Crippen LogP contribution in [0.3, 0.4) is 0 Å². The molecule has 0 aliphatic carbocycles. The normalized spacial score (nSPS) is 16.9. The van der Waals surface area contributed by atoms with Gasteiger partial charge in [-0.2, -0.15) is 10.1 Å². The molecule has 2 saturated heterocycles. The second-order valence-corrected chi connectivity index (χ2v) is 11.9. The first kappa shape index (κ1) is 32.0. The number of nitrogens with zero attached hydrogens (tertiary/aromatic N) is 8. The van der Waals surface area contributed by atoms with Crippen molar-refractivity contribution in [2.24, 2.45) is 5.10 Å². The molecule has 0 atom stereocenters. The first-order chi connectivity index (χ1) is 21.8. The zero-order valence-corrected chi connectivity index (χ0v) is 26.9. The molecule has 4 heterocycles. The topological polar surface area (TPSA) is 113 Å². The molecule has 2 fully saturated rings. The second-order valence-electron chi connectivity index (χ2n) is 11.9. The van der Waals surface area contributed by atoms with E-state index in [1.165, 1.54) is 49.3 Å². The number of allylic oxidation sites excluding steroid dienone is 3. The van der Waals surface area contributed by atoms with Crippen molar-refractivity contribution in [2.45, 2.75) is 64.6 Å². The molecule has 0 bridgehead atoms. The lowest BCUT2D eigenvalue weighted by molar-refractivity contribution is -0.104. The molecular weight excluding hydrogens is 570 g/mol. The molecule has 2 aliphatic heterocycles. The lowest BCUT2D eigenvalue weighted by atomic mass is 9.99. The third-order valence-corrected chi connectivity index (χ3v) is 8.67. The molecule has 0 radical (unpaired) electrons. The van der Waals surface area contributed by atoms with Gasteiger partial charge in [-0.3, -0.25) is 14.6 Å². The summed E-state index contributed by atoms with van der Waals surface area (Å²) in [6.07, 6.45) is 13.0.